The van der Waals surface area contributed by atoms with Crippen LogP contribution in [0, 0.1) is 11.8 Å². The summed E-state index contributed by atoms with van der Waals surface area (Å²) < 4.78 is 0. The molecule has 0 radical (unpaired) electrons. The van der Waals surface area contributed by atoms with Gasteiger partial charge < -0.3 is 19.6 Å². The van der Waals surface area contributed by atoms with Gasteiger partial charge in [0.15, 0.2) is 0 Å². The van der Waals surface area contributed by atoms with Gasteiger partial charge in [-0.2, -0.15) is 0 Å². The van der Waals surface area contributed by atoms with Gasteiger partial charge in [-0.25, -0.2) is 0 Å². The van der Waals surface area contributed by atoms with Crippen molar-refractivity contribution in [1.82, 2.24) is 0 Å². The summed E-state index contributed by atoms with van der Waals surface area (Å²) in [5.74, 6) is 1.58. The van der Waals surface area contributed by atoms with E-state index in [0.717, 1.165) is 75.6 Å². The quantitative estimate of drug-likeness (QED) is 0.0764. The molecule has 0 heterocycles. The van der Waals surface area contributed by atoms with Crippen LogP contribution in [0.3, 0.4) is 0 Å². The third-order valence-electron chi connectivity index (χ3n) is 18.4. The van der Waals surface area contributed by atoms with Crippen LogP contribution in [0.4, 0.5) is 22.7 Å². The molecule has 0 saturated heterocycles. The Kier molecular flexibility index (Phi) is 19.1. The molecule has 81 heavy (non-hydrogen) atoms. The van der Waals surface area contributed by atoms with Gasteiger partial charge in [0.05, 0.1) is 23.5 Å². The minimum absolute atomic E-state index is 0.361. The van der Waals surface area contributed by atoms with Crippen molar-refractivity contribution in [2.45, 2.75) is 125 Å². The van der Waals surface area contributed by atoms with E-state index in [1.807, 2.05) is 0 Å². The number of nitrogens with zero attached hydrogens (tertiary/aromatic N) is 6. The van der Waals surface area contributed by atoms with Crippen molar-refractivity contribution in [3.8, 4) is 0 Å². The maximum absolute atomic E-state index is 5.58. The molecule has 0 aromatic heterocycles. The van der Waals surface area contributed by atoms with E-state index in [2.05, 4.69) is 245 Å². The summed E-state index contributed by atoms with van der Waals surface area (Å²) in [5, 5.41) is 0. The number of anilines is 4. The Labute approximate surface area is 487 Å². The van der Waals surface area contributed by atoms with Crippen LogP contribution < -0.4 is 19.6 Å². The van der Waals surface area contributed by atoms with Crippen LogP contribution in [0.1, 0.15) is 158 Å². The van der Waals surface area contributed by atoms with Crippen molar-refractivity contribution < 1.29 is 0 Å². The molecule has 420 valence electrons. The van der Waals surface area contributed by atoms with Gasteiger partial charge >= 0.3 is 0 Å². The molecule has 2 saturated carbocycles. The predicted octanol–water partition coefficient (Wildman–Crippen LogP) is 17.9. The molecule has 6 heteroatoms. The summed E-state index contributed by atoms with van der Waals surface area (Å²) in [6.07, 6.45) is 20.5. The minimum atomic E-state index is 0.361. The average molecular weight is 1080 g/mol. The summed E-state index contributed by atoms with van der Waals surface area (Å²) in [6.45, 7) is 25.8. The van der Waals surface area contributed by atoms with Gasteiger partial charge in [-0.05, 0) is 241 Å². The third-order valence-corrected chi connectivity index (χ3v) is 18.4. The molecule has 0 bridgehead atoms. The van der Waals surface area contributed by atoms with E-state index in [1.54, 1.807) is 0 Å². The van der Waals surface area contributed by atoms with Crippen LogP contribution in [-0.2, 0) is 0 Å². The lowest BCUT2D eigenvalue weighted by Crippen LogP contribution is -2.24. The van der Waals surface area contributed by atoms with Crippen molar-refractivity contribution in [3.63, 3.8) is 0 Å². The monoisotopic (exact) mass is 1070 g/mol. The molecular formula is C75H90N6. The van der Waals surface area contributed by atoms with E-state index in [-0.39, 0.29) is 0 Å². The minimum Gasteiger partial charge on any atom is -0.372 e. The maximum atomic E-state index is 5.58. The molecule has 4 aliphatic rings. The summed E-state index contributed by atoms with van der Waals surface area (Å²) in [7, 11) is 0. The van der Waals surface area contributed by atoms with Crippen molar-refractivity contribution in [3.05, 3.63) is 214 Å². The van der Waals surface area contributed by atoms with Crippen LogP contribution in [0.5, 0.6) is 0 Å². The van der Waals surface area contributed by atoms with Crippen LogP contribution in [-0.4, -0.2) is 75.9 Å². The molecule has 2 fully saturated rings. The van der Waals surface area contributed by atoms with Gasteiger partial charge in [0.2, 0.25) is 0 Å². The normalized spacial score (nSPS) is 19.6. The van der Waals surface area contributed by atoms with E-state index < -0.39 is 0 Å². The Morgan fingerprint density at radius 1 is 0.321 bits per heavy atom. The number of hydrogen-bond donors (Lipinski definition) is 0. The first-order chi connectivity index (χ1) is 39.8. The molecule has 0 unspecified atom stereocenters. The number of fused-ring (bicyclic) bond motifs is 2. The number of aliphatic imine (C=N–C) groups is 2. The number of allylic oxidation sites excluding steroid dienone is 6. The molecule has 10 rings (SSSR count). The SMILES string of the molecule is CCN(CC)c1ccc(C(=C2C=CC(=NC3CCC(CC4CCC(N=C5C=CC(=C(c6ccc(N(CC)CC)cc6)c6ccc(N(CC)CC)cc6)c6ccccc65)CC4)CC3)c3ccccc32)c2ccc(N(CC)CC)cc2)cc1. The highest BCUT2D eigenvalue weighted by atomic mass is 15.1. The van der Waals surface area contributed by atoms with Crippen LogP contribution in [0.25, 0.3) is 22.3 Å². The molecule has 6 nitrogen and oxygen atoms in total. The first-order valence-corrected chi connectivity index (χ1v) is 31.4. The van der Waals surface area contributed by atoms with Crippen LogP contribution >= 0.6 is 0 Å². The Morgan fingerprint density at radius 2 is 0.580 bits per heavy atom. The zero-order chi connectivity index (χ0) is 56.2. The topological polar surface area (TPSA) is 37.7 Å². The molecule has 4 aliphatic carbocycles. The van der Waals surface area contributed by atoms with E-state index in [0.29, 0.717) is 12.1 Å². The highest BCUT2D eigenvalue weighted by molar-refractivity contribution is 6.20. The molecular weight excluding hydrogens is 985 g/mol. The van der Waals surface area contributed by atoms with Crippen LogP contribution in [0.15, 0.2) is 180 Å². The van der Waals surface area contributed by atoms with E-state index in [1.165, 1.54) is 147 Å². The van der Waals surface area contributed by atoms with E-state index >= 15 is 0 Å². The Hall–Kier alpha value is -7.18. The second-order valence-corrected chi connectivity index (χ2v) is 22.8. The molecule has 0 aliphatic heterocycles. The summed E-state index contributed by atoms with van der Waals surface area (Å²) in [4.78, 5) is 20.8. The molecule has 0 atom stereocenters. The lowest BCUT2D eigenvalue weighted by Gasteiger charge is -2.33. The summed E-state index contributed by atoms with van der Waals surface area (Å²) in [5.41, 5.74) is 22.4. The van der Waals surface area contributed by atoms with E-state index in [4.69, 9.17) is 9.98 Å². The number of benzene rings is 6. The first-order valence-electron chi connectivity index (χ1n) is 31.4. The Morgan fingerprint density at radius 3 is 0.840 bits per heavy atom. The standard InChI is InChI=1S/C75H90N6/c1-9-78(10-2)62-41-29-56(30-42-62)74(57-31-43-63(44-32-57)79(11-3)12-4)70-49-51-72(68-23-19-17-21-66(68)70)76-60-37-25-54(26-38-60)53-55-27-39-61(40-28-55)77-73-52-50-71(67-22-18-20-24-69(67)73)75(58-33-45-64(46-34-58)80(13-5)14-6)59-35-47-65(48-36-59)81(15-7)16-8/h17-24,29-36,41-52,54-55,60-61H,9-16,25-28,37-40,53H2,1-8H3. The van der Waals surface area contributed by atoms with Crippen molar-refractivity contribution >= 4 is 56.5 Å². The van der Waals surface area contributed by atoms with Gasteiger partial charge in [0, 0.05) is 86.2 Å². The molecule has 6 aromatic rings. The largest absolute Gasteiger partial charge is 0.372 e. The highest BCUT2D eigenvalue weighted by Gasteiger charge is 2.29. The van der Waals surface area contributed by atoms with Gasteiger partial charge in [-0.1, -0.05) is 109 Å². The average Bonchev–Trinajstić information content (AvgIpc) is 3.52. The fraction of sp³-hybridized carbons (Fsp3) is 0.387. The predicted molar refractivity (Wildman–Crippen MR) is 352 cm³/mol. The smallest absolute Gasteiger partial charge is 0.0656 e. The van der Waals surface area contributed by atoms with Gasteiger partial charge in [-0.3, -0.25) is 9.98 Å². The second kappa shape index (κ2) is 27.1. The van der Waals surface area contributed by atoms with E-state index in [9.17, 15) is 0 Å². The van der Waals surface area contributed by atoms with Gasteiger partial charge in [0.1, 0.15) is 0 Å². The lowest BCUT2D eigenvalue weighted by atomic mass is 9.75. The Bertz CT molecular complexity index is 2880. The second-order valence-electron chi connectivity index (χ2n) is 22.8. The van der Waals surface area contributed by atoms with Crippen molar-refractivity contribution in [1.29, 1.82) is 0 Å². The van der Waals surface area contributed by atoms with Crippen molar-refractivity contribution in [2.24, 2.45) is 21.8 Å². The number of hydrogen-bond acceptors (Lipinski definition) is 6. The highest BCUT2D eigenvalue weighted by Crippen LogP contribution is 2.42. The number of rotatable bonds is 20. The lowest BCUT2D eigenvalue weighted by molar-refractivity contribution is 0.226. The third kappa shape index (κ3) is 12.8. The summed E-state index contributed by atoms with van der Waals surface area (Å²) >= 11 is 0. The fourth-order valence-electron chi connectivity index (χ4n) is 13.8. The van der Waals surface area contributed by atoms with Gasteiger partial charge in [-0.15, -0.1) is 0 Å². The zero-order valence-electron chi connectivity index (χ0n) is 50.2. The van der Waals surface area contributed by atoms with Crippen LogP contribution in [0.2, 0.25) is 0 Å². The van der Waals surface area contributed by atoms with Crippen molar-refractivity contribution in [2.75, 3.05) is 72.0 Å². The zero-order valence-corrected chi connectivity index (χ0v) is 50.2. The molecule has 6 aromatic carbocycles. The molecule has 0 amide bonds. The fourth-order valence-corrected chi connectivity index (χ4v) is 13.8. The first kappa shape index (κ1) is 57.1. The van der Waals surface area contributed by atoms with Gasteiger partial charge in [0.25, 0.3) is 0 Å². The Balaban J connectivity index is 0.816. The summed E-state index contributed by atoms with van der Waals surface area (Å²) in [6, 6.07) is 55.7. The molecule has 0 spiro atoms. The molecule has 0 N–H and O–H groups in total. The maximum Gasteiger partial charge on any atom is 0.0656 e.